The fourth-order valence-electron chi connectivity index (χ4n) is 1.75. The topological polar surface area (TPSA) is 75.6 Å². The van der Waals surface area contributed by atoms with Crippen molar-refractivity contribution in [3.63, 3.8) is 0 Å². The van der Waals surface area contributed by atoms with Crippen molar-refractivity contribution >= 4 is 27.3 Å². The van der Waals surface area contributed by atoms with Gasteiger partial charge in [0.05, 0.1) is 13.7 Å². The Hall–Kier alpha value is -1.76. The summed E-state index contributed by atoms with van der Waals surface area (Å²) < 4.78 is 32.3. The molecule has 2 aromatic rings. The van der Waals surface area contributed by atoms with Crippen LogP contribution >= 0.6 is 11.6 Å². The molecule has 0 heterocycles. The van der Waals surface area contributed by atoms with Gasteiger partial charge in [0, 0.05) is 10.7 Å². The summed E-state index contributed by atoms with van der Waals surface area (Å²) in [6, 6.07) is 10.8. The highest BCUT2D eigenvalue weighted by Gasteiger charge is 2.20. The van der Waals surface area contributed by atoms with E-state index in [1.54, 1.807) is 30.3 Å². The lowest BCUT2D eigenvalue weighted by atomic mass is 10.2. The standard InChI is InChI=1S/C14H14ClNO4S/c1-20-13-7-4-11(15)8-14(13)21(18,19)16-12-5-2-10(9-17)3-6-12/h2-8,16-17H,9H2,1H3. The summed E-state index contributed by atoms with van der Waals surface area (Å²) in [6.07, 6.45) is 0. The minimum absolute atomic E-state index is 0.0382. The monoisotopic (exact) mass is 327 g/mol. The average Bonchev–Trinajstić information content (AvgIpc) is 2.47. The number of hydrogen-bond acceptors (Lipinski definition) is 4. The molecule has 2 aromatic carbocycles. The summed E-state index contributed by atoms with van der Waals surface area (Å²) in [5.41, 5.74) is 1.08. The van der Waals surface area contributed by atoms with Crippen molar-refractivity contribution in [1.29, 1.82) is 0 Å². The highest BCUT2D eigenvalue weighted by Crippen LogP contribution is 2.28. The van der Waals surface area contributed by atoms with E-state index in [0.717, 1.165) is 0 Å². The minimum atomic E-state index is -3.82. The number of anilines is 1. The maximum atomic E-state index is 12.4. The van der Waals surface area contributed by atoms with Crippen LogP contribution in [0.25, 0.3) is 0 Å². The molecule has 0 spiro atoms. The molecule has 2 N–H and O–H groups in total. The Labute approximate surface area is 128 Å². The molecule has 0 aliphatic rings. The van der Waals surface area contributed by atoms with Crippen LogP contribution in [0.1, 0.15) is 5.56 Å². The van der Waals surface area contributed by atoms with Crippen molar-refractivity contribution in [3.05, 3.63) is 53.1 Å². The molecule has 0 fully saturated rings. The van der Waals surface area contributed by atoms with Crippen LogP contribution in [0.4, 0.5) is 5.69 Å². The number of rotatable bonds is 5. The van der Waals surface area contributed by atoms with Crippen molar-refractivity contribution in [2.24, 2.45) is 0 Å². The summed E-state index contributed by atoms with van der Waals surface area (Å²) >= 11 is 5.85. The average molecular weight is 328 g/mol. The van der Waals surface area contributed by atoms with E-state index in [1.165, 1.54) is 19.2 Å². The van der Waals surface area contributed by atoms with Gasteiger partial charge in [0.1, 0.15) is 10.6 Å². The molecule has 0 radical (unpaired) electrons. The maximum absolute atomic E-state index is 12.4. The Balaban J connectivity index is 2.35. The van der Waals surface area contributed by atoms with Crippen molar-refractivity contribution in [1.82, 2.24) is 0 Å². The highest BCUT2D eigenvalue weighted by atomic mass is 35.5. The molecule has 112 valence electrons. The largest absolute Gasteiger partial charge is 0.495 e. The van der Waals surface area contributed by atoms with Crippen LogP contribution in [-0.4, -0.2) is 20.6 Å². The molecule has 7 heteroatoms. The molecule has 0 aromatic heterocycles. The van der Waals surface area contributed by atoms with Gasteiger partial charge in [0.15, 0.2) is 0 Å². The number of halogens is 1. The number of ether oxygens (including phenoxy) is 1. The van der Waals surface area contributed by atoms with Crippen molar-refractivity contribution in [2.75, 3.05) is 11.8 Å². The SMILES string of the molecule is COc1ccc(Cl)cc1S(=O)(=O)Nc1ccc(CO)cc1. The fraction of sp³-hybridized carbons (Fsp3) is 0.143. The van der Waals surface area contributed by atoms with Gasteiger partial charge in [0.25, 0.3) is 10.0 Å². The molecule has 5 nitrogen and oxygen atoms in total. The molecular formula is C14H14ClNO4S. The first kappa shape index (κ1) is 15.6. The summed E-state index contributed by atoms with van der Waals surface area (Å²) in [4.78, 5) is -0.0382. The van der Waals surface area contributed by atoms with E-state index in [0.29, 0.717) is 16.3 Å². The zero-order valence-corrected chi connectivity index (χ0v) is 12.8. The van der Waals surface area contributed by atoms with Crippen LogP contribution < -0.4 is 9.46 Å². The lowest BCUT2D eigenvalue weighted by Crippen LogP contribution is -2.14. The van der Waals surface area contributed by atoms with Gasteiger partial charge in [-0.05, 0) is 35.9 Å². The molecule has 0 unspecified atom stereocenters. The summed E-state index contributed by atoms with van der Waals surface area (Å²) in [5, 5.41) is 9.27. The summed E-state index contributed by atoms with van der Waals surface area (Å²) in [6.45, 7) is -0.102. The van der Waals surface area contributed by atoms with E-state index >= 15 is 0 Å². The quantitative estimate of drug-likeness (QED) is 0.885. The summed E-state index contributed by atoms with van der Waals surface area (Å²) in [7, 11) is -2.43. The number of benzene rings is 2. The Morgan fingerprint density at radius 2 is 1.86 bits per heavy atom. The van der Waals surface area contributed by atoms with Gasteiger partial charge in [-0.25, -0.2) is 8.42 Å². The van der Waals surface area contributed by atoms with E-state index in [9.17, 15) is 8.42 Å². The van der Waals surface area contributed by atoms with Gasteiger partial charge in [0.2, 0.25) is 0 Å². The molecule has 0 bridgehead atoms. The Bertz CT molecular complexity index is 729. The number of sulfonamides is 1. The zero-order valence-electron chi connectivity index (χ0n) is 11.2. The van der Waals surface area contributed by atoms with Crippen LogP contribution in [0.3, 0.4) is 0 Å². The molecule has 0 aliphatic carbocycles. The predicted molar refractivity (Wildman–Crippen MR) is 81.2 cm³/mol. The van der Waals surface area contributed by atoms with Gasteiger partial charge in [-0.15, -0.1) is 0 Å². The maximum Gasteiger partial charge on any atom is 0.265 e. The number of hydrogen-bond donors (Lipinski definition) is 2. The van der Waals surface area contributed by atoms with Crippen LogP contribution in [0, 0.1) is 0 Å². The Morgan fingerprint density at radius 1 is 1.19 bits per heavy atom. The third kappa shape index (κ3) is 3.66. The van der Waals surface area contributed by atoms with Gasteiger partial charge >= 0.3 is 0 Å². The zero-order chi connectivity index (χ0) is 15.5. The third-order valence-electron chi connectivity index (χ3n) is 2.80. The molecule has 21 heavy (non-hydrogen) atoms. The molecule has 0 atom stereocenters. The minimum Gasteiger partial charge on any atom is -0.495 e. The molecule has 0 aliphatic heterocycles. The molecule has 0 amide bonds. The number of aliphatic hydroxyl groups excluding tert-OH is 1. The van der Waals surface area contributed by atoms with Gasteiger partial charge < -0.3 is 9.84 Å². The lowest BCUT2D eigenvalue weighted by molar-refractivity contribution is 0.282. The predicted octanol–water partition coefficient (Wildman–Crippen LogP) is 2.64. The molecule has 0 saturated carbocycles. The van der Waals surface area contributed by atoms with E-state index in [-0.39, 0.29) is 17.3 Å². The van der Waals surface area contributed by atoms with Crippen LogP contribution in [0.5, 0.6) is 5.75 Å². The number of nitrogens with one attached hydrogen (secondary N) is 1. The second kappa shape index (κ2) is 6.34. The fourth-order valence-corrected chi connectivity index (χ4v) is 3.24. The van der Waals surface area contributed by atoms with E-state index in [1.807, 2.05) is 0 Å². The van der Waals surface area contributed by atoms with Crippen LogP contribution in [0.15, 0.2) is 47.4 Å². The first-order valence-electron chi connectivity index (χ1n) is 6.02. The number of methoxy groups -OCH3 is 1. The summed E-state index contributed by atoms with van der Waals surface area (Å²) in [5.74, 6) is 0.207. The molecule has 2 rings (SSSR count). The smallest absolute Gasteiger partial charge is 0.265 e. The van der Waals surface area contributed by atoms with Gasteiger partial charge in [-0.1, -0.05) is 23.7 Å². The second-order valence-electron chi connectivity index (χ2n) is 4.26. The van der Waals surface area contributed by atoms with E-state index < -0.39 is 10.0 Å². The van der Waals surface area contributed by atoms with Crippen LogP contribution in [-0.2, 0) is 16.6 Å². The highest BCUT2D eigenvalue weighted by molar-refractivity contribution is 7.92. The van der Waals surface area contributed by atoms with Crippen molar-refractivity contribution in [2.45, 2.75) is 11.5 Å². The van der Waals surface area contributed by atoms with Crippen LogP contribution in [0.2, 0.25) is 5.02 Å². The second-order valence-corrected chi connectivity index (χ2v) is 6.34. The van der Waals surface area contributed by atoms with Crippen molar-refractivity contribution in [3.8, 4) is 5.75 Å². The first-order valence-corrected chi connectivity index (χ1v) is 7.88. The Morgan fingerprint density at radius 3 is 2.43 bits per heavy atom. The number of aliphatic hydroxyl groups is 1. The Kier molecular flexibility index (Phi) is 4.72. The lowest BCUT2D eigenvalue weighted by Gasteiger charge is -2.12. The third-order valence-corrected chi connectivity index (χ3v) is 4.44. The van der Waals surface area contributed by atoms with Gasteiger partial charge in [-0.2, -0.15) is 0 Å². The van der Waals surface area contributed by atoms with E-state index in [4.69, 9.17) is 21.4 Å². The normalized spacial score (nSPS) is 11.2. The molecular weight excluding hydrogens is 314 g/mol. The first-order chi connectivity index (χ1) is 9.96. The van der Waals surface area contributed by atoms with E-state index in [2.05, 4.69) is 4.72 Å². The van der Waals surface area contributed by atoms with Crippen molar-refractivity contribution < 1.29 is 18.3 Å². The van der Waals surface area contributed by atoms with Gasteiger partial charge in [-0.3, -0.25) is 4.72 Å². The molecule has 0 saturated heterocycles.